The standard InChI is InChI=1S/C12H24N2/c1-10(2)8-12-9-13-6-7-14(12)11-4-3-5-11/h10-13H,3-9H2,1-2H3. The van der Waals surface area contributed by atoms with Crippen LogP contribution >= 0.6 is 0 Å². The van der Waals surface area contributed by atoms with Crippen LogP contribution in [0.25, 0.3) is 0 Å². The summed E-state index contributed by atoms with van der Waals surface area (Å²) in [5.74, 6) is 0.836. The minimum atomic E-state index is 0.814. The van der Waals surface area contributed by atoms with E-state index in [9.17, 15) is 0 Å². The largest absolute Gasteiger partial charge is 0.314 e. The van der Waals surface area contributed by atoms with Gasteiger partial charge in [0.25, 0.3) is 0 Å². The minimum absolute atomic E-state index is 0.814. The molecule has 1 aliphatic heterocycles. The molecular weight excluding hydrogens is 172 g/mol. The summed E-state index contributed by atoms with van der Waals surface area (Å²) >= 11 is 0. The molecule has 2 aliphatic rings. The normalized spacial score (nSPS) is 30.6. The molecule has 0 aromatic heterocycles. The monoisotopic (exact) mass is 196 g/mol. The molecule has 2 fully saturated rings. The first-order chi connectivity index (χ1) is 6.77. The van der Waals surface area contributed by atoms with Gasteiger partial charge in [-0.2, -0.15) is 0 Å². The second-order valence-electron chi connectivity index (χ2n) is 5.31. The van der Waals surface area contributed by atoms with E-state index in [1.54, 1.807) is 0 Å². The van der Waals surface area contributed by atoms with Gasteiger partial charge in [-0.3, -0.25) is 4.90 Å². The molecule has 82 valence electrons. The van der Waals surface area contributed by atoms with Gasteiger partial charge in [0.2, 0.25) is 0 Å². The van der Waals surface area contributed by atoms with E-state index in [1.165, 1.54) is 45.3 Å². The van der Waals surface area contributed by atoms with Gasteiger partial charge in [0.05, 0.1) is 0 Å². The van der Waals surface area contributed by atoms with E-state index in [1.807, 2.05) is 0 Å². The lowest BCUT2D eigenvalue weighted by molar-refractivity contribution is 0.0507. The van der Waals surface area contributed by atoms with Gasteiger partial charge in [0.1, 0.15) is 0 Å². The van der Waals surface area contributed by atoms with E-state index in [-0.39, 0.29) is 0 Å². The maximum absolute atomic E-state index is 3.53. The van der Waals surface area contributed by atoms with Crippen LogP contribution in [0.3, 0.4) is 0 Å². The zero-order valence-electron chi connectivity index (χ0n) is 9.63. The lowest BCUT2D eigenvalue weighted by Gasteiger charge is -2.46. The Bertz CT molecular complexity index is 175. The predicted octanol–water partition coefficient (Wildman–Crippen LogP) is 1.86. The Kier molecular flexibility index (Phi) is 3.45. The van der Waals surface area contributed by atoms with E-state index in [0.717, 1.165) is 18.0 Å². The van der Waals surface area contributed by atoms with Crippen LogP contribution in [0.2, 0.25) is 0 Å². The molecule has 0 amide bonds. The summed E-state index contributed by atoms with van der Waals surface area (Å²) in [7, 11) is 0. The topological polar surface area (TPSA) is 15.3 Å². The molecule has 1 unspecified atom stereocenters. The van der Waals surface area contributed by atoms with Gasteiger partial charge in [0.15, 0.2) is 0 Å². The van der Waals surface area contributed by atoms with Gasteiger partial charge in [-0.25, -0.2) is 0 Å². The molecule has 1 saturated carbocycles. The zero-order valence-corrected chi connectivity index (χ0v) is 9.63. The Hall–Kier alpha value is -0.0800. The van der Waals surface area contributed by atoms with E-state index < -0.39 is 0 Å². The highest BCUT2D eigenvalue weighted by Gasteiger charge is 2.32. The smallest absolute Gasteiger partial charge is 0.0226 e. The average Bonchev–Trinajstić information content (AvgIpc) is 2.04. The zero-order chi connectivity index (χ0) is 9.97. The van der Waals surface area contributed by atoms with Crippen LogP contribution in [-0.2, 0) is 0 Å². The maximum Gasteiger partial charge on any atom is 0.0226 e. The van der Waals surface area contributed by atoms with Crippen LogP contribution in [0.15, 0.2) is 0 Å². The fraction of sp³-hybridized carbons (Fsp3) is 1.00. The Labute approximate surface area is 88.1 Å². The highest BCUT2D eigenvalue weighted by atomic mass is 15.2. The Morgan fingerprint density at radius 3 is 2.71 bits per heavy atom. The summed E-state index contributed by atoms with van der Waals surface area (Å²) in [5.41, 5.74) is 0. The van der Waals surface area contributed by atoms with Crippen LogP contribution < -0.4 is 5.32 Å². The number of piperazine rings is 1. The third-order valence-electron chi connectivity index (χ3n) is 3.68. The van der Waals surface area contributed by atoms with Crippen LogP contribution in [0, 0.1) is 5.92 Å². The molecule has 1 atom stereocenters. The second kappa shape index (κ2) is 4.63. The summed E-state index contributed by atoms with van der Waals surface area (Å²) in [6.07, 6.45) is 5.73. The SMILES string of the molecule is CC(C)CC1CNCCN1C1CCC1. The maximum atomic E-state index is 3.53. The summed E-state index contributed by atoms with van der Waals surface area (Å²) in [6.45, 7) is 8.38. The fourth-order valence-electron chi connectivity index (χ4n) is 2.74. The van der Waals surface area contributed by atoms with Crippen molar-refractivity contribution < 1.29 is 0 Å². The van der Waals surface area contributed by atoms with Crippen LogP contribution in [-0.4, -0.2) is 36.6 Å². The Morgan fingerprint density at radius 1 is 1.36 bits per heavy atom. The highest BCUT2D eigenvalue weighted by Crippen LogP contribution is 2.28. The molecule has 14 heavy (non-hydrogen) atoms. The third kappa shape index (κ3) is 2.29. The van der Waals surface area contributed by atoms with E-state index in [4.69, 9.17) is 0 Å². The van der Waals surface area contributed by atoms with Gasteiger partial charge in [-0.15, -0.1) is 0 Å². The van der Waals surface area contributed by atoms with Crippen LogP contribution in [0.4, 0.5) is 0 Å². The van der Waals surface area contributed by atoms with Gasteiger partial charge < -0.3 is 5.32 Å². The molecule has 1 N–H and O–H groups in total. The molecule has 2 nitrogen and oxygen atoms in total. The van der Waals surface area contributed by atoms with Crippen molar-refractivity contribution in [2.24, 2.45) is 5.92 Å². The highest BCUT2D eigenvalue weighted by molar-refractivity contribution is 4.89. The summed E-state index contributed by atoms with van der Waals surface area (Å²) in [4.78, 5) is 2.78. The summed E-state index contributed by atoms with van der Waals surface area (Å²) < 4.78 is 0. The van der Waals surface area contributed by atoms with Crippen molar-refractivity contribution in [2.75, 3.05) is 19.6 Å². The molecule has 0 spiro atoms. The number of nitrogens with zero attached hydrogens (tertiary/aromatic N) is 1. The van der Waals surface area contributed by atoms with Gasteiger partial charge in [-0.05, 0) is 25.2 Å². The Morgan fingerprint density at radius 2 is 2.14 bits per heavy atom. The quantitative estimate of drug-likeness (QED) is 0.741. The summed E-state index contributed by atoms with van der Waals surface area (Å²) in [5, 5.41) is 3.53. The van der Waals surface area contributed by atoms with Gasteiger partial charge >= 0.3 is 0 Å². The second-order valence-corrected chi connectivity index (χ2v) is 5.31. The number of nitrogens with one attached hydrogen (secondary N) is 1. The van der Waals surface area contributed by atoms with Crippen molar-refractivity contribution in [3.8, 4) is 0 Å². The molecule has 0 bridgehead atoms. The molecular formula is C12H24N2. The van der Waals surface area contributed by atoms with Crippen molar-refractivity contribution in [3.63, 3.8) is 0 Å². The molecule has 2 heteroatoms. The number of hydrogen-bond acceptors (Lipinski definition) is 2. The van der Waals surface area contributed by atoms with Crippen LogP contribution in [0.1, 0.15) is 39.5 Å². The van der Waals surface area contributed by atoms with Gasteiger partial charge in [0, 0.05) is 31.7 Å². The summed E-state index contributed by atoms with van der Waals surface area (Å²) in [6, 6.07) is 1.75. The van der Waals surface area contributed by atoms with Crippen molar-refractivity contribution in [2.45, 2.75) is 51.6 Å². The Balaban J connectivity index is 1.88. The van der Waals surface area contributed by atoms with Crippen molar-refractivity contribution >= 4 is 0 Å². The third-order valence-corrected chi connectivity index (χ3v) is 3.68. The van der Waals surface area contributed by atoms with Crippen molar-refractivity contribution in [1.82, 2.24) is 10.2 Å². The van der Waals surface area contributed by atoms with Crippen LogP contribution in [0.5, 0.6) is 0 Å². The molecule has 1 saturated heterocycles. The van der Waals surface area contributed by atoms with Gasteiger partial charge in [-0.1, -0.05) is 20.3 Å². The number of rotatable bonds is 3. The average molecular weight is 196 g/mol. The predicted molar refractivity (Wildman–Crippen MR) is 60.5 cm³/mol. The molecule has 2 rings (SSSR count). The number of hydrogen-bond donors (Lipinski definition) is 1. The van der Waals surface area contributed by atoms with E-state index in [2.05, 4.69) is 24.1 Å². The van der Waals surface area contributed by atoms with E-state index in [0.29, 0.717) is 0 Å². The first-order valence-electron chi connectivity index (χ1n) is 6.24. The molecule has 0 aromatic carbocycles. The van der Waals surface area contributed by atoms with E-state index >= 15 is 0 Å². The molecule has 1 heterocycles. The lowest BCUT2D eigenvalue weighted by atomic mass is 9.88. The molecule has 0 radical (unpaired) electrons. The first kappa shape index (κ1) is 10.4. The van der Waals surface area contributed by atoms with Crippen molar-refractivity contribution in [3.05, 3.63) is 0 Å². The van der Waals surface area contributed by atoms with Crippen molar-refractivity contribution in [1.29, 1.82) is 0 Å². The fourth-order valence-corrected chi connectivity index (χ4v) is 2.74. The molecule has 1 aliphatic carbocycles. The first-order valence-corrected chi connectivity index (χ1v) is 6.24. The lowest BCUT2D eigenvalue weighted by Crippen LogP contribution is -2.57. The minimum Gasteiger partial charge on any atom is -0.314 e. The molecule has 0 aromatic rings.